The SMILES string of the molecule is CNc1cc(C(=O)N[C@@H]2CCC[C@H]2OCc2ccccc2)ccn1. The van der Waals surface area contributed by atoms with Crippen molar-refractivity contribution in [3.05, 3.63) is 59.8 Å². The minimum absolute atomic E-state index is 0.0624. The van der Waals surface area contributed by atoms with Gasteiger partial charge < -0.3 is 15.4 Å². The minimum atomic E-state index is -0.0749. The van der Waals surface area contributed by atoms with Crippen LogP contribution < -0.4 is 10.6 Å². The lowest BCUT2D eigenvalue weighted by Gasteiger charge is -2.21. The first kappa shape index (κ1) is 16.5. The van der Waals surface area contributed by atoms with E-state index in [1.165, 1.54) is 0 Å². The molecular formula is C19H23N3O2. The molecule has 5 nitrogen and oxygen atoms in total. The van der Waals surface area contributed by atoms with Crippen LogP contribution in [-0.2, 0) is 11.3 Å². The zero-order valence-corrected chi connectivity index (χ0v) is 13.9. The number of carbonyl (C=O) groups excluding carboxylic acids is 1. The molecule has 3 rings (SSSR count). The molecule has 5 heteroatoms. The third kappa shape index (κ3) is 4.11. The monoisotopic (exact) mass is 325 g/mol. The van der Waals surface area contributed by atoms with E-state index in [0.717, 1.165) is 24.8 Å². The Kier molecular flexibility index (Phi) is 5.43. The number of aromatic nitrogens is 1. The molecule has 0 unspecified atom stereocenters. The normalized spacial score (nSPS) is 19.9. The third-order valence-corrected chi connectivity index (χ3v) is 4.35. The average Bonchev–Trinajstić information content (AvgIpc) is 3.08. The highest BCUT2D eigenvalue weighted by Gasteiger charge is 2.29. The van der Waals surface area contributed by atoms with Crippen molar-refractivity contribution < 1.29 is 9.53 Å². The molecule has 1 fully saturated rings. The van der Waals surface area contributed by atoms with Gasteiger partial charge in [-0.2, -0.15) is 0 Å². The van der Waals surface area contributed by atoms with E-state index in [2.05, 4.69) is 27.8 Å². The molecule has 1 amide bonds. The van der Waals surface area contributed by atoms with Crippen LogP contribution >= 0.6 is 0 Å². The fraction of sp³-hybridized carbons (Fsp3) is 0.368. The van der Waals surface area contributed by atoms with Gasteiger partial charge in [-0.05, 0) is 37.0 Å². The maximum atomic E-state index is 12.5. The van der Waals surface area contributed by atoms with Gasteiger partial charge in [0.05, 0.1) is 18.8 Å². The quantitative estimate of drug-likeness (QED) is 0.857. The molecule has 1 aromatic carbocycles. The summed E-state index contributed by atoms with van der Waals surface area (Å²) >= 11 is 0. The number of anilines is 1. The molecule has 0 spiro atoms. The number of hydrogen-bond donors (Lipinski definition) is 2. The van der Waals surface area contributed by atoms with E-state index in [9.17, 15) is 4.79 Å². The molecule has 1 heterocycles. The zero-order valence-electron chi connectivity index (χ0n) is 13.9. The number of rotatable bonds is 6. The molecule has 0 saturated heterocycles. The predicted molar refractivity (Wildman–Crippen MR) is 93.9 cm³/mol. The van der Waals surface area contributed by atoms with E-state index in [4.69, 9.17) is 4.74 Å². The molecule has 0 aliphatic heterocycles. The Morgan fingerprint density at radius 3 is 2.88 bits per heavy atom. The Labute approximate surface area is 142 Å². The first-order valence-corrected chi connectivity index (χ1v) is 8.36. The number of ether oxygens (including phenoxy) is 1. The van der Waals surface area contributed by atoms with E-state index < -0.39 is 0 Å². The number of carbonyl (C=O) groups is 1. The van der Waals surface area contributed by atoms with Gasteiger partial charge in [-0.3, -0.25) is 4.79 Å². The van der Waals surface area contributed by atoms with Crippen molar-refractivity contribution in [2.45, 2.75) is 38.0 Å². The number of hydrogen-bond acceptors (Lipinski definition) is 4. The lowest BCUT2D eigenvalue weighted by atomic mass is 10.1. The van der Waals surface area contributed by atoms with Gasteiger partial charge in [0.15, 0.2) is 0 Å². The number of nitrogens with one attached hydrogen (secondary N) is 2. The van der Waals surface area contributed by atoms with Crippen molar-refractivity contribution in [1.82, 2.24) is 10.3 Å². The second kappa shape index (κ2) is 7.93. The van der Waals surface area contributed by atoms with Crippen LogP contribution in [0.5, 0.6) is 0 Å². The number of amides is 1. The van der Waals surface area contributed by atoms with Crippen molar-refractivity contribution in [2.24, 2.45) is 0 Å². The number of nitrogens with zero attached hydrogens (tertiary/aromatic N) is 1. The van der Waals surface area contributed by atoms with Crippen LogP contribution in [0.4, 0.5) is 5.82 Å². The smallest absolute Gasteiger partial charge is 0.251 e. The highest BCUT2D eigenvalue weighted by atomic mass is 16.5. The average molecular weight is 325 g/mol. The van der Waals surface area contributed by atoms with Crippen LogP contribution in [0.3, 0.4) is 0 Å². The second-order valence-electron chi connectivity index (χ2n) is 6.03. The maximum Gasteiger partial charge on any atom is 0.251 e. The molecule has 2 N–H and O–H groups in total. The predicted octanol–water partition coefficient (Wildman–Crippen LogP) is 2.99. The molecule has 1 aromatic heterocycles. The summed E-state index contributed by atoms with van der Waals surface area (Å²) in [6.45, 7) is 0.580. The second-order valence-corrected chi connectivity index (χ2v) is 6.03. The maximum absolute atomic E-state index is 12.5. The van der Waals surface area contributed by atoms with Crippen LogP contribution in [0.2, 0.25) is 0 Å². The summed E-state index contributed by atoms with van der Waals surface area (Å²) in [6, 6.07) is 13.7. The van der Waals surface area contributed by atoms with Crippen LogP contribution in [-0.4, -0.2) is 30.1 Å². The van der Waals surface area contributed by atoms with Crippen LogP contribution in [0.1, 0.15) is 35.2 Å². The van der Waals surface area contributed by atoms with Gasteiger partial charge in [0.25, 0.3) is 5.91 Å². The van der Waals surface area contributed by atoms with Crippen molar-refractivity contribution in [2.75, 3.05) is 12.4 Å². The first-order chi connectivity index (χ1) is 11.8. The first-order valence-electron chi connectivity index (χ1n) is 8.36. The zero-order chi connectivity index (χ0) is 16.8. The molecule has 1 saturated carbocycles. The fourth-order valence-electron chi connectivity index (χ4n) is 3.03. The summed E-state index contributed by atoms with van der Waals surface area (Å²) in [5.41, 5.74) is 1.77. The highest BCUT2D eigenvalue weighted by Crippen LogP contribution is 2.23. The number of benzene rings is 1. The van der Waals surface area contributed by atoms with Gasteiger partial charge in [-0.15, -0.1) is 0 Å². The lowest BCUT2D eigenvalue weighted by molar-refractivity contribution is 0.0272. The summed E-state index contributed by atoms with van der Waals surface area (Å²) in [6.07, 6.45) is 4.71. The molecule has 126 valence electrons. The van der Waals surface area contributed by atoms with E-state index in [0.29, 0.717) is 18.0 Å². The molecule has 24 heavy (non-hydrogen) atoms. The van der Waals surface area contributed by atoms with Crippen LogP contribution in [0.15, 0.2) is 48.7 Å². The fourth-order valence-corrected chi connectivity index (χ4v) is 3.03. The van der Waals surface area contributed by atoms with Gasteiger partial charge in [0.1, 0.15) is 5.82 Å². The Morgan fingerprint density at radius 1 is 1.25 bits per heavy atom. The van der Waals surface area contributed by atoms with E-state index in [1.54, 1.807) is 25.4 Å². The molecule has 0 radical (unpaired) electrons. The van der Waals surface area contributed by atoms with Gasteiger partial charge in [0, 0.05) is 18.8 Å². The topological polar surface area (TPSA) is 63.2 Å². The molecule has 2 aromatic rings. The van der Waals surface area contributed by atoms with Crippen molar-refractivity contribution >= 4 is 11.7 Å². The van der Waals surface area contributed by atoms with Crippen LogP contribution in [0.25, 0.3) is 0 Å². The Morgan fingerprint density at radius 2 is 2.08 bits per heavy atom. The Bertz CT molecular complexity index is 675. The summed E-state index contributed by atoms with van der Waals surface area (Å²) in [4.78, 5) is 16.6. The Hall–Kier alpha value is -2.40. The van der Waals surface area contributed by atoms with Gasteiger partial charge >= 0.3 is 0 Å². The number of pyridine rings is 1. The van der Waals surface area contributed by atoms with Gasteiger partial charge in [-0.25, -0.2) is 4.98 Å². The van der Waals surface area contributed by atoms with E-state index in [-0.39, 0.29) is 18.1 Å². The van der Waals surface area contributed by atoms with Crippen molar-refractivity contribution in [1.29, 1.82) is 0 Å². The molecule has 1 aliphatic carbocycles. The summed E-state index contributed by atoms with van der Waals surface area (Å²) in [7, 11) is 1.79. The largest absolute Gasteiger partial charge is 0.373 e. The minimum Gasteiger partial charge on any atom is -0.373 e. The van der Waals surface area contributed by atoms with Crippen molar-refractivity contribution in [3.63, 3.8) is 0 Å². The standard InChI is InChI=1S/C19H23N3O2/c1-20-18-12-15(10-11-21-18)19(23)22-16-8-5-9-17(16)24-13-14-6-3-2-4-7-14/h2-4,6-7,10-12,16-17H,5,8-9,13H2,1H3,(H,20,21)(H,22,23)/t16-,17-/m1/s1. The molecule has 0 bridgehead atoms. The Balaban J connectivity index is 1.58. The van der Waals surface area contributed by atoms with Crippen molar-refractivity contribution in [3.8, 4) is 0 Å². The van der Waals surface area contributed by atoms with Gasteiger partial charge in [0.2, 0.25) is 0 Å². The van der Waals surface area contributed by atoms with E-state index >= 15 is 0 Å². The summed E-state index contributed by atoms with van der Waals surface area (Å²) in [5.74, 6) is 0.611. The molecular weight excluding hydrogens is 302 g/mol. The van der Waals surface area contributed by atoms with Crippen LogP contribution in [0, 0.1) is 0 Å². The lowest BCUT2D eigenvalue weighted by Crippen LogP contribution is -2.41. The highest BCUT2D eigenvalue weighted by molar-refractivity contribution is 5.95. The summed E-state index contributed by atoms with van der Waals surface area (Å²) < 4.78 is 6.04. The van der Waals surface area contributed by atoms with Gasteiger partial charge in [-0.1, -0.05) is 30.3 Å². The summed E-state index contributed by atoms with van der Waals surface area (Å²) in [5, 5.41) is 6.06. The third-order valence-electron chi connectivity index (χ3n) is 4.35. The molecule has 1 aliphatic rings. The van der Waals surface area contributed by atoms with E-state index in [1.807, 2.05) is 18.2 Å². The molecule has 2 atom stereocenters.